The Balaban J connectivity index is 0. The predicted octanol–water partition coefficient (Wildman–Crippen LogP) is -3.45. The summed E-state index contributed by atoms with van der Waals surface area (Å²) in [5.74, 6) is 0. The molecule has 0 heterocycles. The van der Waals surface area contributed by atoms with E-state index in [1.165, 1.54) is 7.11 Å². The number of rotatable bonds is 1. The van der Waals surface area contributed by atoms with Crippen molar-refractivity contribution in [3.63, 3.8) is 0 Å². The molecule has 0 saturated heterocycles. The predicted molar refractivity (Wildman–Crippen MR) is 29.6 cm³/mol. The van der Waals surface area contributed by atoms with E-state index in [0.29, 0.717) is 0 Å². The molecule has 6 nitrogen and oxygen atoms in total. The molecule has 0 aliphatic heterocycles. The van der Waals surface area contributed by atoms with E-state index < -0.39 is 14.6 Å². The topological polar surface area (TPSA) is 110 Å². The highest BCUT2D eigenvalue weighted by Gasteiger charge is 2.00. The summed E-state index contributed by atoms with van der Waals surface area (Å²) < 4.78 is 3.86. The van der Waals surface area contributed by atoms with E-state index in [2.05, 4.69) is 4.65 Å². The van der Waals surface area contributed by atoms with Gasteiger partial charge in [-0.1, -0.05) is 0 Å². The second-order valence-electron chi connectivity index (χ2n) is 0.908. The van der Waals surface area contributed by atoms with Crippen molar-refractivity contribution in [1.29, 1.82) is 0 Å². The monoisotopic (exact) mass is 138 g/mol. The fraction of sp³-hybridized carbons (Fsp3) is 1.00. The van der Waals surface area contributed by atoms with Gasteiger partial charge in [-0.15, -0.1) is 0 Å². The molecule has 9 heavy (non-hydrogen) atoms. The van der Waals surface area contributed by atoms with Crippen molar-refractivity contribution in [2.75, 3.05) is 7.11 Å². The summed E-state index contributed by atoms with van der Waals surface area (Å²) in [4.78, 5) is 0. The quantitative estimate of drug-likeness (QED) is 0.241. The van der Waals surface area contributed by atoms with E-state index in [0.717, 1.165) is 0 Å². The van der Waals surface area contributed by atoms with Crippen molar-refractivity contribution in [1.82, 2.24) is 0 Å². The van der Waals surface area contributed by atoms with Crippen LogP contribution in [-0.2, 0) is 4.65 Å². The summed E-state index contributed by atoms with van der Waals surface area (Å²) in [6.45, 7) is 0. The van der Waals surface area contributed by atoms with Crippen LogP contribution in [0.3, 0.4) is 0 Å². The van der Waals surface area contributed by atoms with Gasteiger partial charge < -0.3 is 29.8 Å². The molecule has 0 aromatic carbocycles. The van der Waals surface area contributed by atoms with Gasteiger partial charge in [0.25, 0.3) is 0 Å². The van der Waals surface area contributed by atoms with E-state index in [1.54, 1.807) is 0 Å². The summed E-state index contributed by atoms with van der Waals surface area (Å²) >= 11 is 0. The summed E-state index contributed by atoms with van der Waals surface area (Å²) in [5, 5.41) is 36.9. The van der Waals surface area contributed by atoms with Crippen LogP contribution >= 0.6 is 0 Å². The second-order valence-corrected chi connectivity index (χ2v) is 0.908. The Bertz CT molecular complexity index is 43.6. The third-order valence-corrected chi connectivity index (χ3v) is 0.211. The molecular weight excluding hydrogens is 130 g/mol. The van der Waals surface area contributed by atoms with Crippen molar-refractivity contribution in [3.05, 3.63) is 0 Å². The van der Waals surface area contributed by atoms with Gasteiger partial charge in [-0.25, -0.2) is 0 Å². The van der Waals surface area contributed by atoms with Gasteiger partial charge in [0.15, 0.2) is 0 Å². The molecular formula is CH8B2O6. The van der Waals surface area contributed by atoms with Gasteiger partial charge in [0, 0.05) is 7.11 Å². The van der Waals surface area contributed by atoms with Gasteiger partial charge in [-0.3, -0.25) is 0 Å². The van der Waals surface area contributed by atoms with E-state index >= 15 is 0 Å². The van der Waals surface area contributed by atoms with E-state index in [1.807, 2.05) is 0 Å². The lowest BCUT2D eigenvalue weighted by Gasteiger charge is -1.84. The average Bonchev–Trinajstić information content (AvgIpc) is 1.65. The van der Waals surface area contributed by atoms with E-state index in [9.17, 15) is 0 Å². The number of hydrogen-bond donors (Lipinski definition) is 5. The Morgan fingerprint density at radius 3 is 1.11 bits per heavy atom. The minimum absolute atomic E-state index is 1.20. The van der Waals surface area contributed by atoms with Gasteiger partial charge in [0.05, 0.1) is 0 Å². The zero-order valence-electron chi connectivity index (χ0n) is 4.80. The van der Waals surface area contributed by atoms with Gasteiger partial charge in [-0.05, 0) is 0 Å². The first-order chi connectivity index (χ1) is 4.00. The highest BCUT2D eigenvalue weighted by molar-refractivity contribution is 6.32. The van der Waals surface area contributed by atoms with Gasteiger partial charge in [0.2, 0.25) is 0 Å². The van der Waals surface area contributed by atoms with Crippen molar-refractivity contribution in [3.8, 4) is 0 Å². The average molecular weight is 138 g/mol. The van der Waals surface area contributed by atoms with Crippen LogP contribution in [0.2, 0.25) is 0 Å². The molecule has 0 bridgehead atoms. The zero-order valence-corrected chi connectivity index (χ0v) is 4.80. The molecule has 5 N–H and O–H groups in total. The summed E-state index contributed by atoms with van der Waals surface area (Å²) in [6, 6.07) is 0. The van der Waals surface area contributed by atoms with Crippen LogP contribution in [0.15, 0.2) is 0 Å². The molecule has 0 aromatic heterocycles. The van der Waals surface area contributed by atoms with Gasteiger partial charge in [-0.2, -0.15) is 0 Å². The molecule has 0 saturated carbocycles. The molecule has 0 amide bonds. The normalized spacial score (nSPS) is 7.33. The first-order valence-corrected chi connectivity index (χ1v) is 1.93. The maximum absolute atomic E-state index is 7.69. The van der Waals surface area contributed by atoms with Gasteiger partial charge >= 0.3 is 14.6 Å². The molecule has 0 aromatic rings. The molecule has 0 spiro atoms. The van der Waals surface area contributed by atoms with Crippen LogP contribution in [0.1, 0.15) is 0 Å². The Labute approximate surface area is 52.7 Å². The highest BCUT2D eigenvalue weighted by Crippen LogP contribution is 1.59. The van der Waals surface area contributed by atoms with Gasteiger partial charge in [0.1, 0.15) is 0 Å². The second kappa shape index (κ2) is 7.89. The molecule has 0 unspecified atom stereocenters. The van der Waals surface area contributed by atoms with Crippen LogP contribution in [0.25, 0.3) is 0 Å². The van der Waals surface area contributed by atoms with Crippen molar-refractivity contribution in [2.24, 2.45) is 0 Å². The zero-order chi connectivity index (χ0) is 7.86. The minimum Gasteiger partial charge on any atom is -0.402 e. The molecule has 0 radical (unpaired) electrons. The molecule has 0 aliphatic rings. The molecule has 0 aliphatic carbocycles. The summed E-state index contributed by atoms with van der Waals surface area (Å²) in [7, 11) is -2.58. The largest absolute Gasteiger partial charge is 0.633 e. The number of hydrogen-bond acceptors (Lipinski definition) is 6. The third-order valence-electron chi connectivity index (χ3n) is 0.211. The minimum atomic E-state index is -2.17. The lowest BCUT2D eigenvalue weighted by Crippen LogP contribution is -2.12. The lowest BCUT2D eigenvalue weighted by molar-refractivity contribution is 0.229. The molecule has 8 heteroatoms. The standard InChI is InChI=1S/CH5BO3.BH3O3/c1-5-2(3)4;2-1(3)4/h3-4H,1H3;2-4H. The lowest BCUT2D eigenvalue weighted by atomic mass is 10.3. The van der Waals surface area contributed by atoms with E-state index in [-0.39, 0.29) is 0 Å². The molecule has 0 rings (SSSR count). The summed E-state index contributed by atoms with van der Waals surface area (Å²) in [5.41, 5.74) is 0. The van der Waals surface area contributed by atoms with Crippen molar-refractivity contribution in [2.45, 2.75) is 0 Å². The van der Waals surface area contributed by atoms with Crippen molar-refractivity contribution < 1.29 is 29.8 Å². The fourth-order valence-corrected chi connectivity index (χ4v) is 0. The van der Waals surface area contributed by atoms with Crippen molar-refractivity contribution >= 4 is 14.6 Å². The van der Waals surface area contributed by atoms with Crippen LogP contribution in [0.4, 0.5) is 0 Å². The molecule has 54 valence electrons. The summed E-state index contributed by atoms with van der Waals surface area (Å²) in [6.07, 6.45) is 0. The fourth-order valence-electron chi connectivity index (χ4n) is 0. The molecule has 0 fully saturated rings. The van der Waals surface area contributed by atoms with E-state index in [4.69, 9.17) is 25.1 Å². The smallest absolute Gasteiger partial charge is 0.402 e. The first-order valence-electron chi connectivity index (χ1n) is 1.93. The van der Waals surface area contributed by atoms with Crippen LogP contribution in [-0.4, -0.2) is 46.9 Å². The third kappa shape index (κ3) is 76.6. The Morgan fingerprint density at radius 1 is 1.00 bits per heavy atom. The SMILES string of the molecule is COB(O)O.OB(O)O. The first kappa shape index (κ1) is 11.7. The Kier molecular flexibility index (Phi) is 10.2. The highest BCUT2D eigenvalue weighted by atomic mass is 16.6. The Morgan fingerprint density at radius 2 is 1.11 bits per heavy atom. The Hall–Kier alpha value is -0.110. The maximum atomic E-state index is 7.69. The maximum Gasteiger partial charge on any atom is 0.633 e. The molecule has 0 atom stereocenters. The van der Waals surface area contributed by atoms with Crippen LogP contribution in [0, 0.1) is 0 Å². The van der Waals surface area contributed by atoms with Crippen LogP contribution in [0.5, 0.6) is 0 Å². The van der Waals surface area contributed by atoms with Crippen LogP contribution < -0.4 is 0 Å².